The van der Waals surface area contributed by atoms with Crippen LogP contribution in [0.15, 0.2) is 82.5 Å². The summed E-state index contributed by atoms with van der Waals surface area (Å²) >= 11 is 9.81. The molecule has 1 saturated carbocycles. The molecule has 7 nitrogen and oxygen atoms in total. The molecule has 1 saturated heterocycles. The van der Waals surface area contributed by atoms with Crippen molar-refractivity contribution in [3.05, 3.63) is 109 Å². The van der Waals surface area contributed by atoms with E-state index >= 15 is 0 Å². The minimum atomic E-state index is -1.15. The molecule has 2 atom stereocenters. The molecular formula is C43H47N3O4S4. The fourth-order valence-electron chi connectivity index (χ4n) is 7.98. The lowest BCUT2D eigenvalue weighted by Gasteiger charge is -2.27. The number of carbonyl (C=O) groups excluding carboxylic acids is 1. The van der Waals surface area contributed by atoms with Crippen LogP contribution in [0.5, 0.6) is 0 Å². The van der Waals surface area contributed by atoms with Gasteiger partial charge in [0, 0.05) is 28.2 Å². The fourth-order valence-corrected chi connectivity index (χ4v) is 11.4. The van der Waals surface area contributed by atoms with Crippen LogP contribution in [0.4, 0.5) is 11.4 Å². The van der Waals surface area contributed by atoms with Gasteiger partial charge in [0.25, 0.3) is 11.5 Å². The van der Waals surface area contributed by atoms with Gasteiger partial charge in [-0.15, -0.1) is 23.1 Å². The number of thiocarbonyl (C=S) groups is 1. The molecule has 1 amide bonds. The molecule has 0 spiro atoms. The van der Waals surface area contributed by atoms with Crippen molar-refractivity contribution in [2.24, 2.45) is 0 Å². The van der Waals surface area contributed by atoms with Crippen molar-refractivity contribution in [1.29, 1.82) is 0 Å². The number of benzene rings is 3. The van der Waals surface area contributed by atoms with Crippen molar-refractivity contribution in [2.75, 3.05) is 10.7 Å². The van der Waals surface area contributed by atoms with Crippen LogP contribution in [-0.2, 0) is 22.7 Å². The monoisotopic (exact) mass is 797 g/mol. The van der Waals surface area contributed by atoms with Crippen molar-refractivity contribution in [3.8, 4) is 0 Å². The highest BCUT2D eigenvalue weighted by molar-refractivity contribution is 8.30. The molecule has 3 heterocycles. The van der Waals surface area contributed by atoms with Gasteiger partial charge in [0.2, 0.25) is 0 Å². The molecule has 4 aromatic rings. The van der Waals surface area contributed by atoms with Crippen LogP contribution < -0.4 is 19.7 Å². The molecule has 0 radical (unpaired) electrons. The van der Waals surface area contributed by atoms with E-state index in [1.807, 2.05) is 54.2 Å². The molecule has 11 heteroatoms. The summed E-state index contributed by atoms with van der Waals surface area (Å²) in [7, 11) is 0. The molecule has 1 aliphatic carbocycles. The zero-order valence-electron chi connectivity index (χ0n) is 30.7. The molecule has 3 aliphatic rings. The summed E-state index contributed by atoms with van der Waals surface area (Å²) in [5.74, 6) is 0.0990. The molecule has 2 unspecified atom stereocenters. The van der Waals surface area contributed by atoms with Crippen molar-refractivity contribution < 1.29 is 14.7 Å². The number of aromatic nitrogens is 1. The van der Waals surface area contributed by atoms with Crippen molar-refractivity contribution in [3.63, 3.8) is 0 Å². The molecule has 7 rings (SSSR count). The van der Waals surface area contributed by atoms with E-state index < -0.39 is 18.1 Å². The summed E-state index contributed by atoms with van der Waals surface area (Å²) in [6.07, 6.45) is 16.0. The van der Waals surface area contributed by atoms with E-state index in [4.69, 9.17) is 12.2 Å². The number of fused-ring (bicyclic) bond motifs is 3. The normalized spacial score (nSPS) is 19.2. The van der Waals surface area contributed by atoms with Crippen LogP contribution in [0.25, 0.3) is 11.0 Å². The number of thiazole rings is 1. The standard InChI is InChI=1S/C43H47N3O4S4/c1-2-3-4-5-6-7-8-12-24-52-32-21-19-31(20-22-32)46-35-17-13-16-33(35)34-25-30(18-23-36(34)46)26-37-40(49)44(28-38(47)48)42(53-37)39-41(50)45(43(51)54-39)27-29-14-10-9-11-15-29/h9-11,14-15,18-23,25-26,33,35H,2-8,12-13,16-17,24,27-28H2,1H3,(H,47,48). The summed E-state index contributed by atoms with van der Waals surface area (Å²) in [5.41, 5.74) is 5.11. The first kappa shape index (κ1) is 38.6. The lowest BCUT2D eigenvalue weighted by Crippen LogP contribution is -2.35. The van der Waals surface area contributed by atoms with E-state index in [9.17, 15) is 19.5 Å². The minimum absolute atomic E-state index is 0.287. The third-order valence-electron chi connectivity index (χ3n) is 10.6. The Balaban J connectivity index is 1.11. The van der Waals surface area contributed by atoms with Gasteiger partial charge in [-0.05, 0) is 84.2 Å². The van der Waals surface area contributed by atoms with Gasteiger partial charge >= 0.3 is 5.97 Å². The average molecular weight is 798 g/mol. The Bertz CT molecular complexity index is 2180. The van der Waals surface area contributed by atoms with E-state index in [1.54, 1.807) is 0 Å². The molecule has 0 bridgehead atoms. The topological polar surface area (TPSA) is 82.8 Å². The van der Waals surface area contributed by atoms with Gasteiger partial charge in [0.05, 0.1) is 11.1 Å². The van der Waals surface area contributed by atoms with Crippen LogP contribution in [0.2, 0.25) is 0 Å². The number of hydrogen-bond donors (Lipinski definition) is 1. The van der Waals surface area contributed by atoms with E-state index in [1.165, 1.54) is 89.1 Å². The predicted octanol–water partition coefficient (Wildman–Crippen LogP) is 9.01. The number of amides is 1. The first-order chi connectivity index (χ1) is 26.3. The van der Waals surface area contributed by atoms with Gasteiger partial charge in [-0.3, -0.25) is 23.9 Å². The fraction of sp³-hybridized carbons (Fsp3) is 0.395. The van der Waals surface area contributed by atoms with Crippen LogP contribution in [0.3, 0.4) is 0 Å². The number of hydrogen-bond acceptors (Lipinski definition) is 8. The molecule has 282 valence electrons. The molecule has 2 fully saturated rings. The van der Waals surface area contributed by atoms with Crippen molar-refractivity contribution >= 4 is 85.6 Å². The highest BCUT2D eigenvalue weighted by atomic mass is 32.2. The number of carbonyl (C=O) groups is 2. The maximum atomic E-state index is 13.8. The third kappa shape index (κ3) is 8.59. The summed E-state index contributed by atoms with van der Waals surface area (Å²) in [4.78, 5) is 45.0. The maximum absolute atomic E-state index is 13.8. The first-order valence-corrected chi connectivity index (χ1v) is 22.3. The molecule has 54 heavy (non-hydrogen) atoms. The average Bonchev–Trinajstić information content (AvgIpc) is 3.91. The second kappa shape index (κ2) is 17.9. The van der Waals surface area contributed by atoms with Gasteiger partial charge in [-0.1, -0.05) is 119 Å². The number of unbranched alkanes of at least 4 members (excludes halogenated alkanes) is 7. The molecule has 1 N–H and O–H groups in total. The van der Waals surface area contributed by atoms with Gasteiger partial charge in [0.15, 0.2) is 0 Å². The summed E-state index contributed by atoms with van der Waals surface area (Å²) in [6.45, 7) is 2.03. The Labute approximate surface area is 335 Å². The van der Waals surface area contributed by atoms with Crippen LogP contribution >= 0.6 is 47.1 Å². The smallest absolute Gasteiger partial charge is 0.323 e. The van der Waals surface area contributed by atoms with Crippen LogP contribution in [0.1, 0.15) is 100 Å². The second-order valence-corrected chi connectivity index (χ2v) is 18.2. The van der Waals surface area contributed by atoms with Gasteiger partial charge < -0.3 is 10.0 Å². The summed E-state index contributed by atoms with van der Waals surface area (Å²) in [5, 5.41) is 9.74. The summed E-state index contributed by atoms with van der Waals surface area (Å²) < 4.78 is 2.29. The maximum Gasteiger partial charge on any atom is 0.323 e. The van der Waals surface area contributed by atoms with E-state index in [-0.39, 0.29) is 10.8 Å². The molecule has 2 aliphatic heterocycles. The van der Waals surface area contributed by atoms with E-state index in [0.29, 0.717) is 32.0 Å². The quantitative estimate of drug-likeness (QED) is 0.0684. The Kier molecular flexibility index (Phi) is 12.8. The number of carboxylic acid groups (broad SMARTS) is 1. The van der Waals surface area contributed by atoms with Gasteiger partial charge in [0.1, 0.15) is 20.4 Å². The molecule has 3 aromatic carbocycles. The minimum Gasteiger partial charge on any atom is -0.480 e. The zero-order chi connectivity index (χ0) is 37.6. The number of thioether (sulfide) groups is 2. The highest BCUT2D eigenvalue weighted by Gasteiger charge is 2.42. The number of aliphatic carboxylic acids is 1. The Morgan fingerprint density at radius 2 is 1.69 bits per heavy atom. The number of anilines is 2. The molecular weight excluding hydrogens is 751 g/mol. The van der Waals surface area contributed by atoms with Crippen molar-refractivity contribution in [1.82, 2.24) is 9.47 Å². The largest absolute Gasteiger partial charge is 0.480 e. The SMILES string of the molecule is CCCCCCCCCCSc1ccc(N2c3ccc(C=c4sc(=C5SC(=S)N(Cc6ccccc6)C5=O)n(CC(=O)O)c4=O)cc3C3CCCC32)cc1. The molecule has 1 aromatic heterocycles. The van der Waals surface area contributed by atoms with E-state index in [2.05, 4.69) is 48.2 Å². The highest BCUT2D eigenvalue weighted by Crippen LogP contribution is 2.52. The summed E-state index contributed by atoms with van der Waals surface area (Å²) in [6, 6.07) is 25.5. The second-order valence-electron chi connectivity index (χ2n) is 14.4. The number of nitrogens with zero attached hydrogens (tertiary/aromatic N) is 3. The number of rotatable bonds is 16. The Morgan fingerprint density at radius 1 is 0.944 bits per heavy atom. The van der Waals surface area contributed by atoms with Gasteiger partial charge in [-0.25, -0.2) is 0 Å². The Hall–Kier alpha value is -3.64. The predicted molar refractivity (Wildman–Crippen MR) is 228 cm³/mol. The van der Waals surface area contributed by atoms with Crippen LogP contribution in [-0.4, -0.2) is 42.6 Å². The van der Waals surface area contributed by atoms with Crippen molar-refractivity contribution in [2.45, 2.75) is 107 Å². The van der Waals surface area contributed by atoms with E-state index in [0.717, 1.165) is 52.8 Å². The first-order valence-electron chi connectivity index (χ1n) is 19.2. The Morgan fingerprint density at radius 3 is 2.43 bits per heavy atom. The lowest BCUT2D eigenvalue weighted by molar-refractivity contribution is -0.137. The third-order valence-corrected chi connectivity index (χ3v) is 14.4. The lowest BCUT2D eigenvalue weighted by atomic mass is 9.96. The number of carboxylic acids is 1. The zero-order valence-corrected chi connectivity index (χ0v) is 34.0. The van der Waals surface area contributed by atoms with Gasteiger partial charge in [-0.2, -0.15) is 0 Å². The van der Waals surface area contributed by atoms with Crippen LogP contribution in [0, 0.1) is 0 Å².